The number of carbonyl (C=O) groups is 1. The first kappa shape index (κ1) is 20.1. The van der Waals surface area contributed by atoms with Gasteiger partial charge >= 0.3 is 5.63 Å². The Bertz CT molecular complexity index is 1170. The highest BCUT2D eigenvalue weighted by molar-refractivity contribution is 6.32. The van der Waals surface area contributed by atoms with Crippen LogP contribution in [0.15, 0.2) is 45.6 Å². The summed E-state index contributed by atoms with van der Waals surface area (Å²) in [5.41, 5.74) is 1.53. The van der Waals surface area contributed by atoms with Crippen LogP contribution < -0.4 is 25.2 Å². The second-order valence-electron chi connectivity index (χ2n) is 7.01. The molecule has 1 aliphatic rings. The summed E-state index contributed by atoms with van der Waals surface area (Å²) in [5.74, 6) is 1.30. The van der Waals surface area contributed by atoms with Crippen LogP contribution in [0.1, 0.15) is 24.1 Å². The molecule has 4 rings (SSSR count). The minimum Gasteiger partial charge on any atom is -0.486 e. The van der Waals surface area contributed by atoms with Gasteiger partial charge in [0.15, 0.2) is 18.1 Å². The van der Waals surface area contributed by atoms with E-state index in [2.05, 4.69) is 5.32 Å². The summed E-state index contributed by atoms with van der Waals surface area (Å²) >= 11 is 6.27. The van der Waals surface area contributed by atoms with Crippen molar-refractivity contribution in [2.75, 3.05) is 19.8 Å². The molecule has 2 heterocycles. The molecule has 0 saturated carbocycles. The second kappa shape index (κ2) is 8.28. The molecular formula is C22H20ClNO6. The van der Waals surface area contributed by atoms with Crippen LogP contribution in [0.25, 0.3) is 11.0 Å². The number of carbonyl (C=O) groups excluding carboxylic acids is 1. The van der Waals surface area contributed by atoms with E-state index in [4.69, 9.17) is 30.2 Å². The lowest BCUT2D eigenvalue weighted by atomic mass is 10.1. The quantitative estimate of drug-likeness (QED) is 0.621. The summed E-state index contributed by atoms with van der Waals surface area (Å²) in [6, 6.07) is 9.86. The van der Waals surface area contributed by atoms with E-state index in [9.17, 15) is 9.59 Å². The Morgan fingerprint density at radius 1 is 1.17 bits per heavy atom. The fourth-order valence-corrected chi connectivity index (χ4v) is 3.49. The molecule has 0 aliphatic carbocycles. The van der Waals surface area contributed by atoms with Crippen molar-refractivity contribution in [1.29, 1.82) is 0 Å². The van der Waals surface area contributed by atoms with Crippen LogP contribution in [-0.4, -0.2) is 25.7 Å². The summed E-state index contributed by atoms with van der Waals surface area (Å²) < 4.78 is 21.9. The second-order valence-corrected chi connectivity index (χ2v) is 7.42. The van der Waals surface area contributed by atoms with Gasteiger partial charge in [0.1, 0.15) is 24.5 Å². The Labute approximate surface area is 177 Å². The number of rotatable bonds is 5. The fraction of sp³-hybridized carbons (Fsp3) is 0.273. The van der Waals surface area contributed by atoms with E-state index < -0.39 is 5.63 Å². The molecule has 30 heavy (non-hydrogen) atoms. The molecule has 1 atom stereocenters. The number of amides is 1. The summed E-state index contributed by atoms with van der Waals surface area (Å²) in [7, 11) is 0. The van der Waals surface area contributed by atoms with Crippen LogP contribution in [0.3, 0.4) is 0 Å². The van der Waals surface area contributed by atoms with Gasteiger partial charge in [-0.15, -0.1) is 0 Å². The molecule has 0 fully saturated rings. The van der Waals surface area contributed by atoms with Crippen molar-refractivity contribution in [1.82, 2.24) is 5.32 Å². The minimum atomic E-state index is -0.459. The zero-order valence-electron chi connectivity index (χ0n) is 16.5. The van der Waals surface area contributed by atoms with Crippen LogP contribution in [-0.2, 0) is 4.79 Å². The van der Waals surface area contributed by atoms with Crippen LogP contribution in [0.4, 0.5) is 0 Å². The average Bonchev–Trinajstić information content (AvgIpc) is 2.72. The van der Waals surface area contributed by atoms with Gasteiger partial charge in [-0.25, -0.2) is 4.79 Å². The average molecular weight is 430 g/mol. The molecule has 0 saturated heterocycles. The first-order valence-electron chi connectivity index (χ1n) is 9.46. The normalized spacial score (nSPS) is 13.7. The van der Waals surface area contributed by atoms with Crippen LogP contribution in [0, 0.1) is 6.92 Å². The number of ether oxygens (including phenoxy) is 3. The van der Waals surface area contributed by atoms with Gasteiger partial charge in [0.25, 0.3) is 5.91 Å². The van der Waals surface area contributed by atoms with Crippen molar-refractivity contribution in [2.24, 2.45) is 0 Å². The lowest BCUT2D eigenvalue weighted by Crippen LogP contribution is -2.31. The Balaban J connectivity index is 1.42. The molecular weight excluding hydrogens is 410 g/mol. The molecule has 1 N–H and O–H groups in total. The number of halogens is 1. The predicted molar refractivity (Wildman–Crippen MR) is 112 cm³/mol. The molecule has 0 radical (unpaired) electrons. The zero-order valence-corrected chi connectivity index (χ0v) is 17.2. The topological polar surface area (TPSA) is 87.0 Å². The van der Waals surface area contributed by atoms with Crippen molar-refractivity contribution in [3.8, 4) is 17.2 Å². The lowest BCUT2D eigenvalue weighted by molar-refractivity contribution is -0.123. The highest BCUT2D eigenvalue weighted by Crippen LogP contribution is 2.33. The third kappa shape index (κ3) is 4.21. The highest BCUT2D eigenvalue weighted by Gasteiger charge is 2.17. The molecule has 0 spiro atoms. The van der Waals surface area contributed by atoms with Crippen molar-refractivity contribution in [2.45, 2.75) is 19.9 Å². The number of hydrogen-bond acceptors (Lipinski definition) is 6. The minimum absolute atomic E-state index is 0.240. The van der Waals surface area contributed by atoms with E-state index in [0.29, 0.717) is 40.7 Å². The maximum atomic E-state index is 12.4. The number of benzene rings is 2. The van der Waals surface area contributed by atoms with Gasteiger partial charge in [-0.05, 0) is 43.2 Å². The number of hydrogen-bond donors (Lipinski definition) is 1. The predicted octanol–water partition coefficient (Wildman–Crippen LogP) is 3.78. The lowest BCUT2D eigenvalue weighted by Gasteiger charge is -2.21. The van der Waals surface area contributed by atoms with Gasteiger partial charge in [0.05, 0.1) is 11.1 Å². The Hall–Kier alpha value is -3.19. The van der Waals surface area contributed by atoms with Gasteiger partial charge < -0.3 is 23.9 Å². The van der Waals surface area contributed by atoms with Crippen molar-refractivity contribution in [3.63, 3.8) is 0 Å². The van der Waals surface area contributed by atoms with E-state index in [0.717, 1.165) is 11.1 Å². The first-order valence-corrected chi connectivity index (χ1v) is 9.84. The SMILES string of the molecule is Cc1cc(=O)oc2cc(OCC(=O)N[C@H](C)c3ccc4c(c3)OCCO4)c(Cl)cc12. The van der Waals surface area contributed by atoms with Crippen LogP contribution >= 0.6 is 11.6 Å². The van der Waals surface area contributed by atoms with Gasteiger partial charge in [-0.3, -0.25) is 4.79 Å². The summed E-state index contributed by atoms with van der Waals surface area (Å²) in [4.78, 5) is 24.0. The first-order chi connectivity index (χ1) is 14.4. The molecule has 0 unspecified atom stereocenters. The maximum Gasteiger partial charge on any atom is 0.336 e. The van der Waals surface area contributed by atoms with E-state index in [-0.39, 0.29) is 24.3 Å². The number of aryl methyl sites for hydroxylation is 1. The maximum absolute atomic E-state index is 12.4. The Morgan fingerprint density at radius 2 is 1.93 bits per heavy atom. The third-order valence-electron chi connectivity index (χ3n) is 4.81. The fourth-order valence-electron chi connectivity index (χ4n) is 3.27. The highest BCUT2D eigenvalue weighted by atomic mass is 35.5. The molecule has 1 aromatic heterocycles. The molecule has 156 valence electrons. The monoisotopic (exact) mass is 429 g/mol. The standard InChI is InChI=1S/C22H20ClNO6/c1-12-7-22(26)30-18-10-19(16(23)9-15(12)18)29-11-21(25)24-13(2)14-3-4-17-20(8-14)28-6-5-27-17/h3-4,7-10,13H,5-6,11H2,1-2H3,(H,24,25)/t13-/m1/s1. The summed E-state index contributed by atoms with van der Waals surface area (Å²) in [6.45, 7) is 4.44. The molecule has 8 heteroatoms. The Morgan fingerprint density at radius 3 is 2.73 bits per heavy atom. The van der Waals surface area contributed by atoms with Gasteiger partial charge in [0, 0.05) is 17.5 Å². The molecule has 1 amide bonds. The molecule has 2 aromatic carbocycles. The summed E-state index contributed by atoms with van der Waals surface area (Å²) in [5, 5.41) is 3.91. The van der Waals surface area contributed by atoms with Gasteiger partial charge in [-0.1, -0.05) is 17.7 Å². The smallest absolute Gasteiger partial charge is 0.336 e. The molecule has 0 bridgehead atoms. The van der Waals surface area contributed by atoms with Crippen molar-refractivity contribution >= 4 is 28.5 Å². The molecule has 1 aliphatic heterocycles. The van der Waals surface area contributed by atoms with E-state index in [1.165, 1.54) is 12.1 Å². The van der Waals surface area contributed by atoms with E-state index in [1.807, 2.05) is 25.1 Å². The zero-order chi connectivity index (χ0) is 21.3. The van der Waals surface area contributed by atoms with E-state index in [1.54, 1.807) is 13.0 Å². The van der Waals surface area contributed by atoms with Gasteiger partial charge in [-0.2, -0.15) is 0 Å². The number of nitrogens with one attached hydrogen (secondary N) is 1. The van der Waals surface area contributed by atoms with Gasteiger partial charge in [0.2, 0.25) is 0 Å². The number of fused-ring (bicyclic) bond motifs is 2. The van der Waals surface area contributed by atoms with Crippen LogP contribution in [0.2, 0.25) is 5.02 Å². The van der Waals surface area contributed by atoms with Crippen molar-refractivity contribution in [3.05, 3.63) is 63.0 Å². The largest absolute Gasteiger partial charge is 0.486 e. The summed E-state index contributed by atoms with van der Waals surface area (Å²) in [6.07, 6.45) is 0. The Kier molecular flexibility index (Phi) is 5.55. The molecule has 3 aromatic rings. The molecule has 7 nitrogen and oxygen atoms in total. The van der Waals surface area contributed by atoms with E-state index >= 15 is 0 Å². The van der Waals surface area contributed by atoms with Crippen LogP contribution in [0.5, 0.6) is 17.2 Å². The third-order valence-corrected chi connectivity index (χ3v) is 5.10. The van der Waals surface area contributed by atoms with Crippen molar-refractivity contribution < 1.29 is 23.4 Å².